The van der Waals surface area contributed by atoms with Gasteiger partial charge in [0.2, 0.25) is 11.6 Å². The van der Waals surface area contributed by atoms with Gasteiger partial charge in [-0.05, 0) is 59.0 Å². The minimum Gasteiger partial charge on any atom is -0.569 e. The molecule has 51 heavy (non-hydrogen) atoms. The van der Waals surface area contributed by atoms with E-state index in [0.29, 0.717) is 54.1 Å². The Bertz CT molecular complexity index is 1960. The molecule has 6 rings (SSSR count). The van der Waals surface area contributed by atoms with Crippen molar-refractivity contribution >= 4 is 23.2 Å². The van der Waals surface area contributed by atoms with E-state index in [0.717, 1.165) is 35.1 Å². The summed E-state index contributed by atoms with van der Waals surface area (Å²) in [6.45, 7) is 5.24. The van der Waals surface area contributed by atoms with Crippen LogP contribution in [0.15, 0.2) is 72.0 Å². The number of hydrazine groups is 1. The van der Waals surface area contributed by atoms with Gasteiger partial charge in [0, 0.05) is 18.9 Å². The predicted molar refractivity (Wildman–Crippen MR) is 180 cm³/mol. The molecule has 5 aromatic rings. The van der Waals surface area contributed by atoms with Crippen molar-refractivity contribution in [1.82, 2.24) is 35.2 Å². The molecule has 0 aliphatic carbocycles. The van der Waals surface area contributed by atoms with E-state index in [9.17, 15) is 14.8 Å². The summed E-state index contributed by atoms with van der Waals surface area (Å²) in [6, 6.07) is 21.2. The number of para-hydroxylation sites is 1. The van der Waals surface area contributed by atoms with Gasteiger partial charge in [-0.1, -0.05) is 54.6 Å². The van der Waals surface area contributed by atoms with Gasteiger partial charge in [0.25, 0.3) is 6.01 Å². The zero-order valence-corrected chi connectivity index (χ0v) is 28.1. The largest absolute Gasteiger partial charge is 0.569 e. The van der Waals surface area contributed by atoms with Crippen LogP contribution in [-0.2, 0) is 25.6 Å². The minimum atomic E-state index is -1.26. The number of aromatic nitrogens is 6. The lowest BCUT2D eigenvalue weighted by Gasteiger charge is -2.15. The average molecular weight is 700 g/mol. The number of tetrazole rings is 1. The van der Waals surface area contributed by atoms with Crippen LogP contribution < -0.4 is 4.74 Å². The van der Waals surface area contributed by atoms with E-state index < -0.39 is 18.4 Å². The molecule has 1 N–H and O–H groups in total. The summed E-state index contributed by atoms with van der Waals surface area (Å²) in [5, 5.41) is 31.1. The van der Waals surface area contributed by atoms with Crippen molar-refractivity contribution in [3.8, 4) is 28.5 Å². The second-order valence-electron chi connectivity index (χ2n) is 11.5. The quantitative estimate of drug-likeness (QED) is 0.0371. The lowest BCUT2D eigenvalue weighted by atomic mass is 9.98. The first-order valence-electron chi connectivity index (χ1n) is 16.5. The molecule has 3 aromatic carbocycles. The van der Waals surface area contributed by atoms with Gasteiger partial charge >= 0.3 is 12.1 Å². The number of aromatic amines is 1. The first-order chi connectivity index (χ1) is 24.9. The van der Waals surface area contributed by atoms with Crippen LogP contribution in [0.3, 0.4) is 0 Å². The number of esters is 1. The van der Waals surface area contributed by atoms with Crippen LogP contribution in [0.4, 0.5) is 4.79 Å². The Hall–Kier alpha value is -6.26. The third kappa shape index (κ3) is 8.49. The molecule has 0 bridgehead atoms. The van der Waals surface area contributed by atoms with Gasteiger partial charge in [-0.3, -0.25) is 4.57 Å². The first kappa shape index (κ1) is 34.6. The van der Waals surface area contributed by atoms with Gasteiger partial charge < -0.3 is 29.0 Å². The SMILES string of the molecule is CCOc1nc2cccc(C(=O)OC(C)OC(=O)OCCCO/N=[N+](\[O-])N3CCCC3)c2n1Cc1ccc(-c2ccccc2-c2nnn[nH]2)cc1. The fourth-order valence-corrected chi connectivity index (χ4v) is 5.60. The fourth-order valence-electron chi connectivity index (χ4n) is 5.60. The summed E-state index contributed by atoms with van der Waals surface area (Å²) < 4.78 is 23.3. The molecule has 3 heterocycles. The molecule has 1 saturated heterocycles. The number of ether oxygens (including phenoxy) is 4. The Labute approximate surface area is 292 Å². The number of hydrogen-bond acceptors (Lipinski definition) is 13. The maximum atomic E-state index is 13.4. The lowest BCUT2D eigenvalue weighted by Crippen LogP contribution is -2.27. The summed E-state index contributed by atoms with van der Waals surface area (Å²) in [4.78, 5) is 35.7. The molecule has 1 atom stereocenters. The number of rotatable bonds is 15. The zero-order valence-electron chi connectivity index (χ0n) is 28.1. The Morgan fingerprint density at radius 3 is 2.53 bits per heavy atom. The molecule has 1 fully saturated rings. The molecule has 2 aromatic heterocycles. The number of nitrogens with zero attached hydrogens (tertiary/aromatic N) is 8. The number of hydrogen-bond donors (Lipinski definition) is 1. The van der Waals surface area contributed by atoms with E-state index in [1.165, 1.54) is 11.9 Å². The van der Waals surface area contributed by atoms with Gasteiger partial charge in [0.05, 0.1) is 54.4 Å². The number of imidazole rings is 1. The number of H-pyrrole nitrogens is 1. The van der Waals surface area contributed by atoms with E-state index in [1.54, 1.807) is 18.2 Å². The monoisotopic (exact) mass is 699 g/mol. The van der Waals surface area contributed by atoms with E-state index in [1.807, 2.05) is 60.0 Å². The summed E-state index contributed by atoms with van der Waals surface area (Å²) in [5.41, 5.74) is 4.96. The van der Waals surface area contributed by atoms with Gasteiger partial charge in [-0.15, -0.1) is 10.1 Å². The lowest BCUT2D eigenvalue weighted by molar-refractivity contribution is -0.707. The molecule has 0 saturated carbocycles. The molecule has 1 aliphatic heterocycles. The predicted octanol–water partition coefficient (Wildman–Crippen LogP) is 5.28. The number of benzene rings is 3. The Morgan fingerprint density at radius 2 is 1.78 bits per heavy atom. The zero-order chi connectivity index (χ0) is 35.6. The molecule has 1 unspecified atom stereocenters. The normalized spacial score (nSPS) is 13.6. The standard InChI is InChI=1S/C34H37N9O8/c1-3-47-33-35-29-13-8-12-28(32(44)50-23(2)51-34(45)48-20-9-21-49-40-43(46)41-18-6-7-19-41)30(29)42(33)22-24-14-16-25(17-15-24)26-10-4-5-11-27(26)31-36-38-39-37-31/h4-5,8,10-17,23H,3,6-7,9,18-22H2,1-2H3,(H,36,37,38,39)/b43-40-. The van der Waals surface area contributed by atoms with Crippen molar-refractivity contribution in [1.29, 1.82) is 0 Å². The Balaban J connectivity index is 1.09. The molecule has 266 valence electrons. The van der Waals surface area contributed by atoms with Crippen molar-refractivity contribution in [3.05, 3.63) is 83.1 Å². The van der Waals surface area contributed by atoms with E-state index in [-0.39, 0.29) is 25.2 Å². The van der Waals surface area contributed by atoms with E-state index in [4.69, 9.17) is 23.8 Å². The topological polar surface area (TPSA) is 194 Å². The average Bonchev–Trinajstić information content (AvgIpc) is 3.93. The Morgan fingerprint density at radius 1 is 1.00 bits per heavy atom. The summed E-state index contributed by atoms with van der Waals surface area (Å²) in [7, 11) is 0. The smallest absolute Gasteiger partial charge is 0.511 e. The number of carbonyl (C=O) groups is 2. The van der Waals surface area contributed by atoms with Gasteiger partial charge in [0.1, 0.15) is 6.61 Å². The van der Waals surface area contributed by atoms with Crippen molar-refractivity contribution in [2.24, 2.45) is 5.28 Å². The summed E-state index contributed by atoms with van der Waals surface area (Å²) >= 11 is 0. The van der Waals surface area contributed by atoms with Gasteiger partial charge in [-0.25, -0.2) is 14.7 Å². The summed E-state index contributed by atoms with van der Waals surface area (Å²) in [6.07, 6.45) is -0.145. The Kier molecular flexibility index (Phi) is 11.1. The minimum absolute atomic E-state index is 0.0529. The van der Waals surface area contributed by atoms with Crippen LogP contribution in [0, 0.1) is 5.21 Å². The third-order valence-electron chi connectivity index (χ3n) is 7.95. The molecule has 0 spiro atoms. The third-order valence-corrected chi connectivity index (χ3v) is 7.95. The van der Waals surface area contributed by atoms with Crippen molar-refractivity contribution in [2.75, 3.05) is 32.9 Å². The highest BCUT2D eigenvalue weighted by Gasteiger charge is 2.24. The molecule has 0 radical (unpaired) electrons. The van der Waals surface area contributed by atoms with Gasteiger partial charge in [0.15, 0.2) is 5.82 Å². The van der Waals surface area contributed by atoms with Crippen LogP contribution in [0.1, 0.15) is 49.0 Å². The highest BCUT2D eigenvalue weighted by Crippen LogP contribution is 2.31. The van der Waals surface area contributed by atoms with E-state index in [2.05, 4.69) is 30.9 Å². The van der Waals surface area contributed by atoms with Crippen molar-refractivity contribution in [2.45, 2.75) is 45.9 Å². The molecular formula is C34H37N9O8. The molecule has 17 heteroatoms. The van der Waals surface area contributed by atoms with Gasteiger partial charge in [-0.2, -0.15) is 4.98 Å². The molecule has 17 nitrogen and oxygen atoms in total. The first-order valence-corrected chi connectivity index (χ1v) is 16.5. The highest BCUT2D eigenvalue weighted by molar-refractivity contribution is 6.02. The number of nitrogens with one attached hydrogen (secondary N) is 1. The van der Waals surface area contributed by atoms with Crippen LogP contribution >= 0.6 is 0 Å². The second-order valence-corrected chi connectivity index (χ2v) is 11.5. The van der Waals surface area contributed by atoms with Crippen molar-refractivity contribution in [3.63, 3.8) is 0 Å². The second kappa shape index (κ2) is 16.4. The van der Waals surface area contributed by atoms with Crippen LogP contribution in [-0.4, -0.2) is 91.5 Å². The van der Waals surface area contributed by atoms with E-state index >= 15 is 0 Å². The van der Waals surface area contributed by atoms with Crippen LogP contribution in [0.25, 0.3) is 33.5 Å². The maximum Gasteiger partial charge on any atom is 0.511 e. The molecular weight excluding hydrogens is 662 g/mol. The van der Waals surface area contributed by atoms with Crippen LogP contribution in [0.5, 0.6) is 6.01 Å². The molecule has 1 aliphatic rings. The van der Waals surface area contributed by atoms with Crippen LogP contribution in [0.2, 0.25) is 0 Å². The highest BCUT2D eigenvalue weighted by atomic mass is 16.8. The number of fused-ring (bicyclic) bond motifs is 1. The number of carbonyl (C=O) groups excluding carboxylic acids is 2. The maximum absolute atomic E-state index is 13.4. The fraction of sp³-hybridized carbons (Fsp3) is 0.353. The summed E-state index contributed by atoms with van der Waals surface area (Å²) in [5.74, 6) is -0.161. The molecule has 0 amide bonds. The van der Waals surface area contributed by atoms with Crippen molar-refractivity contribution < 1.29 is 38.3 Å².